The third-order valence-electron chi connectivity index (χ3n) is 6.45. The van der Waals surface area contributed by atoms with E-state index in [0.717, 1.165) is 44.1 Å². The van der Waals surface area contributed by atoms with Gasteiger partial charge in [-0.3, -0.25) is 4.79 Å². The summed E-state index contributed by atoms with van der Waals surface area (Å²) in [5.74, 6) is 0.432. The van der Waals surface area contributed by atoms with Crippen LogP contribution in [0, 0.1) is 11.8 Å². The molecule has 0 bridgehead atoms. The van der Waals surface area contributed by atoms with E-state index >= 15 is 0 Å². The molecule has 0 aromatic heterocycles. The number of piperidine rings is 2. The average Bonchev–Trinajstić information content (AvgIpc) is 2.77. The minimum absolute atomic E-state index is 0.0756. The van der Waals surface area contributed by atoms with Gasteiger partial charge in [0.2, 0.25) is 15.9 Å². The van der Waals surface area contributed by atoms with Gasteiger partial charge in [-0.15, -0.1) is 0 Å². The topological polar surface area (TPSA) is 69.7 Å². The Morgan fingerprint density at radius 3 is 2.38 bits per heavy atom. The van der Waals surface area contributed by atoms with Crippen molar-refractivity contribution in [1.82, 2.24) is 14.5 Å². The molecule has 3 rings (SSSR count). The molecule has 0 spiro atoms. The standard InChI is InChI=1S/C22H32F3N3O3S/c1-17-6-12-27(13-7-17)11-3-10-26-21(29)18-8-14-28(15-9-18)32(30,31)20-5-2-4-19(16-20)22(23,24)25/h2,4-5,16-18H,3,6-15H2,1H3,(H,26,29). The van der Waals surface area contributed by atoms with Gasteiger partial charge in [-0.1, -0.05) is 13.0 Å². The number of halogens is 3. The van der Waals surface area contributed by atoms with Crippen molar-refractivity contribution in [2.45, 2.75) is 50.1 Å². The molecule has 1 aromatic carbocycles. The largest absolute Gasteiger partial charge is 0.416 e. The SMILES string of the molecule is CC1CCN(CCCNC(=O)C2CCN(S(=O)(=O)c3cccc(C(F)(F)F)c3)CC2)CC1. The monoisotopic (exact) mass is 475 g/mol. The van der Waals surface area contributed by atoms with Crippen molar-refractivity contribution >= 4 is 15.9 Å². The van der Waals surface area contributed by atoms with Crippen LogP contribution in [0.2, 0.25) is 0 Å². The van der Waals surface area contributed by atoms with Crippen molar-refractivity contribution in [2.75, 3.05) is 39.3 Å². The Morgan fingerprint density at radius 2 is 1.75 bits per heavy atom. The molecule has 0 radical (unpaired) electrons. The second-order valence-corrected chi connectivity index (χ2v) is 10.8. The predicted molar refractivity (Wildman–Crippen MR) is 115 cm³/mol. The number of nitrogens with one attached hydrogen (secondary N) is 1. The molecule has 2 heterocycles. The average molecular weight is 476 g/mol. The van der Waals surface area contributed by atoms with Crippen LogP contribution >= 0.6 is 0 Å². The van der Waals surface area contributed by atoms with E-state index in [9.17, 15) is 26.4 Å². The van der Waals surface area contributed by atoms with E-state index in [0.29, 0.717) is 25.5 Å². The summed E-state index contributed by atoms with van der Waals surface area (Å²) in [7, 11) is -4.04. The smallest absolute Gasteiger partial charge is 0.356 e. The maximum absolute atomic E-state index is 12.9. The van der Waals surface area contributed by atoms with Gasteiger partial charge in [0, 0.05) is 25.6 Å². The molecule has 2 fully saturated rings. The number of nitrogens with zero attached hydrogens (tertiary/aromatic N) is 2. The van der Waals surface area contributed by atoms with Gasteiger partial charge >= 0.3 is 6.18 Å². The molecular weight excluding hydrogens is 443 g/mol. The van der Waals surface area contributed by atoms with Crippen LogP contribution in [0.3, 0.4) is 0 Å². The van der Waals surface area contributed by atoms with Crippen LogP contribution in [-0.4, -0.2) is 62.8 Å². The molecule has 0 saturated carbocycles. The summed E-state index contributed by atoms with van der Waals surface area (Å²) in [6.45, 7) is 6.26. The highest BCUT2D eigenvalue weighted by Gasteiger charge is 2.35. The van der Waals surface area contributed by atoms with Crippen molar-refractivity contribution in [1.29, 1.82) is 0 Å². The molecule has 2 aliphatic rings. The number of carbonyl (C=O) groups excluding carboxylic acids is 1. The quantitative estimate of drug-likeness (QED) is 0.614. The fraction of sp³-hybridized carbons (Fsp3) is 0.682. The highest BCUT2D eigenvalue weighted by atomic mass is 32.2. The number of rotatable bonds is 7. The van der Waals surface area contributed by atoms with Gasteiger partial charge in [0.1, 0.15) is 0 Å². The van der Waals surface area contributed by atoms with Gasteiger partial charge in [0.05, 0.1) is 10.5 Å². The lowest BCUT2D eigenvalue weighted by molar-refractivity contribution is -0.137. The molecule has 1 N–H and O–H groups in total. The third-order valence-corrected chi connectivity index (χ3v) is 8.35. The summed E-state index contributed by atoms with van der Waals surface area (Å²) in [5.41, 5.74) is -0.994. The van der Waals surface area contributed by atoms with Gasteiger partial charge in [0.25, 0.3) is 0 Å². The van der Waals surface area contributed by atoms with Gasteiger partial charge in [-0.2, -0.15) is 17.5 Å². The summed E-state index contributed by atoms with van der Waals surface area (Å²) in [6.07, 6.45) is -0.587. The van der Waals surface area contributed by atoms with Crippen molar-refractivity contribution in [2.24, 2.45) is 11.8 Å². The lowest BCUT2D eigenvalue weighted by atomic mass is 9.97. The van der Waals surface area contributed by atoms with E-state index in [1.807, 2.05) is 0 Å². The minimum Gasteiger partial charge on any atom is -0.356 e. The highest BCUT2D eigenvalue weighted by Crippen LogP contribution is 2.32. The molecule has 32 heavy (non-hydrogen) atoms. The van der Waals surface area contributed by atoms with Crippen LogP contribution in [0.15, 0.2) is 29.2 Å². The number of sulfonamides is 1. The minimum atomic E-state index is -4.61. The van der Waals surface area contributed by atoms with E-state index < -0.39 is 21.8 Å². The molecule has 0 aliphatic carbocycles. The van der Waals surface area contributed by atoms with E-state index in [1.165, 1.54) is 23.2 Å². The molecule has 2 aliphatic heterocycles. The molecule has 2 saturated heterocycles. The summed E-state index contributed by atoms with van der Waals surface area (Å²) in [5, 5.41) is 2.95. The first-order valence-electron chi connectivity index (χ1n) is 11.2. The molecule has 1 aromatic rings. The first-order valence-corrected chi connectivity index (χ1v) is 12.7. The Bertz CT molecular complexity index is 876. The zero-order chi connectivity index (χ0) is 23.4. The van der Waals surface area contributed by atoms with Crippen molar-refractivity contribution < 1.29 is 26.4 Å². The van der Waals surface area contributed by atoms with Crippen molar-refractivity contribution in [3.63, 3.8) is 0 Å². The van der Waals surface area contributed by atoms with Gasteiger partial charge in [-0.25, -0.2) is 8.42 Å². The second kappa shape index (κ2) is 10.5. The van der Waals surface area contributed by atoms with Crippen molar-refractivity contribution in [3.8, 4) is 0 Å². The maximum atomic E-state index is 12.9. The molecule has 0 atom stereocenters. The number of amides is 1. The second-order valence-electron chi connectivity index (χ2n) is 8.87. The fourth-order valence-corrected chi connectivity index (χ4v) is 5.80. The summed E-state index contributed by atoms with van der Waals surface area (Å²) < 4.78 is 65.5. The number of benzene rings is 1. The number of alkyl halides is 3. The Balaban J connectivity index is 1.44. The number of hydrogen-bond donors (Lipinski definition) is 1. The predicted octanol–water partition coefficient (Wildman–Crippen LogP) is 3.34. The molecular formula is C22H32F3N3O3S. The normalized spacial score (nSPS) is 20.4. The zero-order valence-corrected chi connectivity index (χ0v) is 19.2. The molecule has 0 unspecified atom stereocenters. The molecule has 1 amide bonds. The van der Waals surface area contributed by atoms with Crippen LogP contribution in [0.4, 0.5) is 13.2 Å². The Kier molecular flexibility index (Phi) is 8.21. The Hall–Kier alpha value is -1.65. The van der Waals surface area contributed by atoms with Crippen LogP contribution < -0.4 is 5.32 Å². The first kappa shape index (κ1) is 25.0. The van der Waals surface area contributed by atoms with Crippen LogP contribution in [-0.2, 0) is 21.0 Å². The highest BCUT2D eigenvalue weighted by molar-refractivity contribution is 7.89. The van der Waals surface area contributed by atoms with E-state index in [4.69, 9.17) is 0 Å². The molecule has 180 valence electrons. The Morgan fingerprint density at radius 1 is 1.09 bits per heavy atom. The number of carbonyl (C=O) groups is 1. The van der Waals surface area contributed by atoms with E-state index in [-0.39, 0.29) is 29.8 Å². The number of hydrogen-bond acceptors (Lipinski definition) is 4. The van der Waals surface area contributed by atoms with Crippen LogP contribution in [0.1, 0.15) is 44.6 Å². The summed E-state index contributed by atoms with van der Waals surface area (Å²) >= 11 is 0. The van der Waals surface area contributed by atoms with Gasteiger partial charge in [0.15, 0.2) is 0 Å². The van der Waals surface area contributed by atoms with Crippen molar-refractivity contribution in [3.05, 3.63) is 29.8 Å². The number of likely N-dealkylation sites (tertiary alicyclic amines) is 1. The van der Waals surface area contributed by atoms with E-state index in [1.54, 1.807) is 0 Å². The van der Waals surface area contributed by atoms with Crippen LogP contribution in [0.5, 0.6) is 0 Å². The Labute approximate surface area is 188 Å². The van der Waals surface area contributed by atoms with Gasteiger partial charge < -0.3 is 10.2 Å². The van der Waals surface area contributed by atoms with Gasteiger partial charge in [-0.05, 0) is 75.9 Å². The fourth-order valence-electron chi connectivity index (χ4n) is 4.28. The summed E-state index contributed by atoms with van der Waals surface area (Å²) in [4.78, 5) is 14.5. The third kappa shape index (κ3) is 6.45. The lowest BCUT2D eigenvalue weighted by Gasteiger charge is -2.31. The first-order chi connectivity index (χ1) is 15.1. The lowest BCUT2D eigenvalue weighted by Crippen LogP contribution is -2.43. The van der Waals surface area contributed by atoms with Crippen LogP contribution in [0.25, 0.3) is 0 Å². The maximum Gasteiger partial charge on any atom is 0.416 e. The van der Waals surface area contributed by atoms with E-state index in [2.05, 4.69) is 17.1 Å². The summed E-state index contributed by atoms with van der Waals surface area (Å²) in [6, 6.07) is 3.78. The zero-order valence-electron chi connectivity index (χ0n) is 18.4. The molecule has 6 nitrogen and oxygen atoms in total. The molecule has 10 heteroatoms.